The van der Waals surface area contributed by atoms with Gasteiger partial charge in [0.15, 0.2) is 0 Å². The van der Waals surface area contributed by atoms with Crippen LogP contribution in [-0.4, -0.2) is 30.3 Å². The summed E-state index contributed by atoms with van der Waals surface area (Å²) < 4.78 is 43.5. The molecule has 1 aromatic rings. The maximum atomic E-state index is 12.9. The van der Waals surface area contributed by atoms with Gasteiger partial charge in [0.05, 0.1) is 13.0 Å². The van der Waals surface area contributed by atoms with Crippen LogP contribution in [0.3, 0.4) is 0 Å². The van der Waals surface area contributed by atoms with E-state index in [-0.39, 0.29) is 0 Å². The van der Waals surface area contributed by atoms with E-state index in [1.54, 1.807) is 24.3 Å². The highest BCUT2D eigenvalue weighted by Crippen LogP contribution is 2.35. The highest BCUT2D eigenvalue weighted by Gasteiger charge is 2.47. The van der Waals surface area contributed by atoms with E-state index in [9.17, 15) is 22.8 Å². The number of hydrogen-bond acceptors (Lipinski definition) is 3. The first-order valence-corrected chi connectivity index (χ1v) is 7.35. The lowest BCUT2D eigenvalue weighted by Gasteiger charge is -2.37. The number of carbonyl (C=O) groups excluding carboxylic acids is 2. The van der Waals surface area contributed by atoms with Gasteiger partial charge in [-0.05, 0) is 25.0 Å². The number of primary amides is 1. The van der Waals surface area contributed by atoms with E-state index in [1.165, 1.54) is 13.8 Å². The summed E-state index contributed by atoms with van der Waals surface area (Å²) in [6, 6.07) is 6.53. The van der Waals surface area contributed by atoms with Crippen molar-refractivity contribution in [2.45, 2.75) is 39.0 Å². The predicted molar refractivity (Wildman–Crippen MR) is 82.4 cm³/mol. The monoisotopic (exact) mass is 346 g/mol. The van der Waals surface area contributed by atoms with E-state index in [1.807, 2.05) is 6.92 Å². The van der Waals surface area contributed by atoms with Crippen LogP contribution in [0.1, 0.15) is 36.2 Å². The van der Waals surface area contributed by atoms with Crippen molar-refractivity contribution in [1.82, 2.24) is 5.32 Å². The molecule has 8 heteroatoms. The summed E-state index contributed by atoms with van der Waals surface area (Å²) in [4.78, 5) is 23.2. The topological polar surface area (TPSA) is 81.4 Å². The lowest BCUT2D eigenvalue weighted by Crippen LogP contribution is -2.53. The van der Waals surface area contributed by atoms with E-state index >= 15 is 0 Å². The van der Waals surface area contributed by atoms with Crippen LogP contribution in [0.5, 0.6) is 0 Å². The molecular weight excluding hydrogens is 325 g/mol. The van der Waals surface area contributed by atoms with Gasteiger partial charge in [0.25, 0.3) is 5.91 Å². The van der Waals surface area contributed by atoms with E-state index < -0.39 is 42.7 Å². The normalized spacial score (nSPS) is 14.1. The summed E-state index contributed by atoms with van der Waals surface area (Å²) in [6.45, 7) is 4.27. The fraction of sp³-hybridized carbons (Fsp3) is 0.500. The van der Waals surface area contributed by atoms with Crippen LogP contribution < -0.4 is 11.1 Å². The van der Waals surface area contributed by atoms with E-state index in [4.69, 9.17) is 10.5 Å². The van der Waals surface area contributed by atoms with Crippen LogP contribution in [0.2, 0.25) is 0 Å². The Kier molecular flexibility index (Phi) is 6.22. The van der Waals surface area contributed by atoms with Crippen molar-refractivity contribution in [3.63, 3.8) is 0 Å². The Labute approximate surface area is 138 Å². The van der Waals surface area contributed by atoms with Gasteiger partial charge < -0.3 is 15.8 Å². The van der Waals surface area contributed by atoms with Gasteiger partial charge in [-0.1, -0.05) is 31.5 Å². The average Bonchev–Trinajstić information content (AvgIpc) is 2.42. The highest BCUT2D eigenvalue weighted by atomic mass is 19.4. The molecule has 0 saturated carbocycles. The molecule has 1 unspecified atom stereocenters. The maximum absolute atomic E-state index is 12.9. The first-order valence-electron chi connectivity index (χ1n) is 7.35. The number of hydrogen-bond donors (Lipinski definition) is 2. The molecule has 1 atom stereocenters. The molecule has 0 aliphatic rings. The van der Waals surface area contributed by atoms with Gasteiger partial charge in [-0.25, -0.2) is 4.79 Å². The van der Waals surface area contributed by atoms with Gasteiger partial charge in [-0.3, -0.25) is 4.79 Å². The number of amides is 2. The van der Waals surface area contributed by atoms with Crippen molar-refractivity contribution in [2.24, 2.45) is 11.7 Å². The number of benzene rings is 1. The lowest BCUT2D eigenvalue weighted by atomic mass is 9.86. The van der Waals surface area contributed by atoms with Crippen LogP contribution in [-0.2, 0) is 4.74 Å². The summed E-state index contributed by atoms with van der Waals surface area (Å²) >= 11 is 0. The van der Waals surface area contributed by atoms with Gasteiger partial charge in [0, 0.05) is 5.56 Å². The van der Waals surface area contributed by atoms with Crippen LogP contribution >= 0.6 is 0 Å². The second-order valence-electron chi connectivity index (χ2n) is 5.98. The fourth-order valence-electron chi connectivity index (χ4n) is 2.24. The molecule has 0 bridgehead atoms. The Balaban J connectivity index is 2.96. The molecule has 1 aromatic carbocycles. The molecule has 0 aliphatic carbocycles. The summed E-state index contributed by atoms with van der Waals surface area (Å²) in [5, 5.41) is 2.40. The molecule has 24 heavy (non-hydrogen) atoms. The van der Waals surface area contributed by atoms with Gasteiger partial charge in [-0.15, -0.1) is 0 Å². The van der Waals surface area contributed by atoms with Crippen molar-refractivity contribution in [3.05, 3.63) is 35.4 Å². The third kappa shape index (κ3) is 5.75. The zero-order valence-electron chi connectivity index (χ0n) is 13.7. The SMILES string of the molecule is Cc1ccc(C(=O)NCC(CC(F)(F)F)(OC(N)=O)C(C)C)cc1. The highest BCUT2D eigenvalue weighted by molar-refractivity contribution is 5.94. The van der Waals surface area contributed by atoms with E-state index in [0.717, 1.165) is 5.56 Å². The number of alkyl halides is 3. The van der Waals surface area contributed by atoms with Crippen molar-refractivity contribution in [1.29, 1.82) is 0 Å². The number of rotatable bonds is 6. The second kappa shape index (κ2) is 7.55. The molecule has 0 heterocycles. The van der Waals surface area contributed by atoms with Gasteiger partial charge in [0.1, 0.15) is 5.60 Å². The Morgan fingerprint density at radius 2 is 1.75 bits per heavy atom. The zero-order chi connectivity index (χ0) is 18.5. The zero-order valence-corrected chi connectivity index (χ0v) is 13.7. The van der Waals surface area contributed by atoms with E-state index in [2.05, 4.69) is 5.32 Å². The summed E-state index contributed by atoms with van der Waals surface area (Å²) in [5.74, 6) is -1.28. The largest absolute Gasteiger partial charge is 0.441 e. The molecule has 0 aromatic heterocycles. The average molecular weight is 346 g/mol. The first-order chi connectivity index (χ1) is 10.9. The minimum Gasteiger partial charge on any atom is -0.441 e. The minimum atomic E-state index is -4.59. The fourth-order valence-corrected chi connectivity index (χ4v) is 2.24. The molecule has 0 fully saturated rings. The molecule has 5 nitrogen and oxygen atoms in total. The Morgan fingerprint density at radius 1 is 1.21 bits per heavy atom. The summed E-state index contributed by atoms with van der Waals surface area (Å²) in [5.41, 5.74) is 4.20. The molecule has 0 saturated heterocycles. The number of nitrogens with one attached hydrogen (secondary N) is 1. The number of carbonyl (C=O) groups is 2. The third-order valence-corrected chi connectivity index (χ3v) is 3.72. The van der Waals surface area contributed by atoms with Gasteiger partial charge in [0.2, 0.25) is 0 Å². The van der Waals surface area contributed by atoms with Gasteiger partial charge in [-0.2, -0.15) is 13.2 Å². The second-order valence-corrected chi connectivity index (χ2v) is 5.98. The lowest BCUT2D eigenvalue weighted by molar-refractivity contribution is -0.183. The smallest absolute Gasteiger partial charge is 0.405 e. The number of ether oxygens (including phenoxy) is 1. The Bertz CT molecular complexity index is 585. The van der Waals surface area contributed by atoms with Crippen molar-refractivity contribution < 1.29 is 27.5 Å². The summed E-state index contributed by atoms with van der Waals surface area (Å²) in [6.07, 6.45) is -7.32. The molecule has 2 amide bonds. The third-order valence-electron chi connectivity index (χ3n) is 3.72. The first kappa shape index (κ1) is 19.8. The molecule has 0 aliphatic heterocycles. The molecule has 134 valence electrons. The molecule has 1 rings (SSSR count). The van der Waals surface area contributed by atoms with Crippen molar-refractivity contribution in [2.75, 3.05) is 6.54 Å². The summed E-state index contributed by atoms with van der Waals surface area (Å²) in [7, 11) is 0. The maximum Gasteiger partial charge on any atom is 0.405 e. The van der Waals surface area contributed by atoms with Gasteiger partial charge >= 0.3 is 12.3 Å². The van der Waals surface area contributed by atoms with Crippen molar-refractivity contribution in [3.8, 4) is 0 Å². The van der Waals surface area contributed by atoms with Crippen LogP contribution in [0.25, 0.3) is 0 Å². The molecule has 0 spiro atoms. The Hall–Kier alpha value is -2.25. The number of nitrogens with two attached hydrogens (primary N) is 1. The standard InChI is InChI=1S/C16H21F3N2O3/c1-10(2)15(24-14(20)23,8-16(17,18)19)9-21-13(22)12-6-4-11(3)5-7-12/h4-7,10H,8-9H2,1-3H3,(H2,20,23)(H,21,22). The van der Waals surface area contributed by atoms with Crippen LogP contribution in [0.15, 0.2) is 24.3 Å². The number of halogens is 3. The van der Waals surface area contributed by atoms with Crippen molar-refractivity contribution >= 4 is 12.0 Å². The number of aryl methyl sites for hydroxylation is 1. The van der Waals surface area contributed by atoms with Crippen LogP contribution in [0.4, 0.5) is 18.0 Å². The Morgan fingerprint density at radius 3 is 2.17 bits per heavy atom. The minimum absolute atomic E-state index is 0.296. The van der Waals surface area contributed by atoms with E-state index in [0.29, 0.717) is 5.56 Å². The quantitative estimate of drug-likeness (QED) is 0.830. The molecule has 0 radical (unpaired) electrons. The van der Waals surface area contributed by atoms with Crippen LogP contribution in [0, 0.1) is 12.8 Å². The molecule has 3 N–H and O–H groups in total. The predicted octanol–water partition coefficient (Wildman–Crippen LogP) is 3.17. The molecular formula is C16H21F3N2O3.